The smallest absolute Gasteiger partial charge is 0.222 e. The number of carbonyl (C=O) groups is 1. The van der Waals surface area contributed by atoms with E-state index in [9.17, 15) is 4.79 Å². The van der Waals surface area contributed by atoms with Crippen LogP contribution in [0.25, 0.3) is 0 Å². The third-order valence-electron chi connectivity index (χ3n) is 3.58. The number of nitrogens with two attached hydrogens (primary N) is 1. The standard InChI is InChI=1S/C15H20Cl2N2O2/c16-11-3-4-14(13(17)10-11)21-9-1-2-15(20)19-7-5-12(18)6-8-19/h3-4,10,12H,1-2,5-9,18H2. The quantitative estimate of drug-likeness (QED) is 0.844. The van der Waals surface area contributed by atoms with Gasteiger partial charge >= 0.3 is 0 Å². The average molecular weight is 331 g/mol. The molecule has 1 aliphatic rings. The highest BCUT2D eigenvalue weighted by Gasteiger charge is 2.19. The first-order valence-electron chi connectivity index (χ1n) is 7.17. The maximum absolute atomic E-state index is 12.0. The van der Waals surface area contributed by atoms with Crippen LogP contribution in [-0.2, 0) is 4.79 Å². The Labute approximate surface area is 135 Å². The first-order valence-corrected chi connectivity index (χ1v) is 7.93. The number of hydrogen-bond acceptors (Lipinski definition) is 3. The van der Waals surface area contributed by atoms with Crippen LogP contribution in [0.5, 0.6) is 5.75 Å². The number of halogens is 2. The topological polar surface area (TPSA) is 55.6 Å². The molecule has 6 heteroatoms. The third kappa shape index (κ3) is 5.06. The molecule has 0 aliphatic carbocycles. The molecule has 1 aromatic carbocycles. The molecule has 2 rings (SSSR count). The molecule has 1 saturated heterocycles. The van der Waals surface area contributed by atoms with E-state index >= 15 is 0 Å². The van der Waals surface area contributed by atoms with Gasteiger partial charge in [-0.2, -0.15) is 0 Å². The van der Waals surface area contributed by atoms with E-state index in [1.165, 1.54) is 0 Å². The van der Waals surface area contributed by atoms with E-state index in [-0.39, 0.29) is 11.9 Å². The van der Waals surface area contributed by atoms with E-state index in [4.69, 9.17) is 33.7 Å². The minimum absolute atomic E-state index is 0.174. The molecular weight excluding hydrogens is 311 g/mol. The zero-order valence-corrected chi connectivity index (χ0v) is 13.4. The van der Waals surface area contributed by atoms with Gasteiger partial charge in [-0.1, -0.05) is 23.2 Å². The first kappa shape index (κ1) is 16.4. The van der Waals surface area contributed by atoms with Crippen LogP contribution in [0.1, 0.15) is 25.7 Å². The van der Waals surface area contributed by atoms with Crippen LogP contribution in [0.4, 0.5) is 0 Å². The second kappa shape index (κ2) is 7.87. The molecule has 1 aromatic rings. The molecule has 1 fully saturated rings. The molecule has 0 aromatic heterocycles. The van der Waals surface area contributed by atoms with Gasteiger partial charge in [0.2, 0.25) is 5.91 Å². The maximum atomic E-state index is 12.0. The fourth-order valence-corrected chi connectivity index (χ4v) is 2.77. The van der Waals surface area contributed by atoms with Crippen LogP contribution in [0, 0.1) is 0 Å². The number of amides is 1. The normalized spacial score (nSPS) is 16.0. The molecule has 21 heavy (non-hydrogen) atoms. The minimum atomic E-state index is 0.174. The Morgan fingerprint density at radius 1 is 1.33 bits per heavy atom. The lowest BCUT2D eigenvalue weighted by atomic mass is 10.1. The lowest BCUT2D eigenvalue weighted by Crippen LogP contribution is -2.42. The Morgan fingerprint density at radius 3 is 2.71 bits per heavy atom. The van der Waals surface area contributed by atoms with Gasteiger partial charge in [0, 0.05) is 30.6 Å². The average Bonchev–Trinajstić information content (AvgIpc) is 2.46. The van der Waals surface area contributed by atoms with Crippen LogP contribution in [0.15, 0.2) is 18.2 Å². The zero-order chi connectivity index (χ0) is 15.2. The van der Waals surface area contributed by atoms with E-state index in [1.807, 2.05) is 4.90 Å². The van der Waals surface area contributed by atoms with Crippen molar-refractivity contribution in [3.05, 3.63) is 28.2 Å². The number of ether oxygens (including phenoxy) is 1. The van der Waals surface area contributed by atoms with Crippen LogP contribution in [-0.4, -0.2) is 36.5 Å². The predicted octanol–water partition coefficient (Wildman–Crippen LogP) is 3.10. The fraction of sp³-hybridized carbons (Fsp3) is 0.533. The highest BCUT2D eigenvalue weighted by molar-refractivity contribution is 6.35. The summed E-state index contributed by atoms with van der Waals surface area (Å²) < 4.78 is 5.57. The summed E-state index contributed by atoms with van der Waals surface area (Å²) >= 11 is 11.8. The van der Waals surface area contributed by atoms with Gasteiger partial charge in [-0.25, -0.2) is 0 Å². The molecule has 0 unspecified atom stereocenters. The predicted molar refractivity (Wildman–Crippen MR) is 85.0 cm³/mol. The Hall–Kier alpha value is -0.970. The lowest BCUT2D eigenvalue weighted by Gasteiger charge is -2.30. The van der Waals surface area contributed by atoms with E-state index in [2.05, 4.69) is 0 Å². The van der Waals surface area contributed by atoms with Gasteiger partial charge in [0.1, 0.15) is 5.75 Å². The Bertz CT molecular complexity index is 489. The number of carbonyl (C=O) groups excluding carboxylic acids is 1. The highest BCUT2D eigenvalue weighted by Crippen LogP contribution is 2.27. The summed E-state index contributed by atoms with van der Waals surface area (Å²) in [4.78, 5) is 13.9. The van der Waals surface area contributed by atoms with E-state index in [1.54, 1.807) is 18.2 Å². The minimum Gasteiger partial charge on any atom is -0.492 e. The molecule has 0 saturated carbocycles. The van der Waals surface area contributed by atoms with Crippen molar-refractivity contribution in [2.75, 3.05) is 19.7 Å². The monoisotopic (exact) mass is 330 g/mol. The number of hydrogen-bond donors (Lipinski definition) is 1. The Balaban J connectivity index is 1.68. The maximum Gasteiger partial charge on any atom is 0.222 e. The van der Waals surface area contributed by atoms with Crippen molar-refractivity contribution in [2.24, 2.45) is 5.73 Å². The van der Waals surface area contributed by atoms with Gasteiger partial charge in [-0.3, -0.25) is 4.79 Å². The van der Waals surface area contributed by atoms with Crippen molar-refractivity contribution < 1.29 is 9.53 Å². The van der Waals surface area contributed by atoms with E-state index in [0.29, 0.717) is 35.2 Å². The molecule has 116 valence electrons. The number of benzene rings is 1. The summed E-state index contributed by atoms with van der Waals surface area (Å²) in [6.07, 6.45) is 2.94. The number of rotatable bonds is 5. The van der Waals surface area contributed by atoms with Crippen LogP contribution in [0.3, 0.4) is 0 Å². The number of piperidine rings is 1. The van der Waals surface area contributed by atoms with Gasteiger partial charge in [0.25, 0.3) is 0 Å². The summed E-state index contributed by atoms with van der Waals surface area (Å²) in [6.45, 7) is 1.99. The molecule has 4 nitrogen and oxygen atoms in total. The molecule has 0 spiro atoms. The van der Waals surface area contributed by atoms with Gasteiger partial charge in [0.15, 0.2) is 0 Å². The zero-order valence-electron chi connectivity index (χ0n) is 11.9. The molecule has 1 aliphatic heterocycles. The van der Waals surface area contributed by atoms with Gasteiger partial charge in [0.05, 0.1) is 11.6 Å². The van der Waals surface area contributed by atoms with Crippen molar-refractivity contribution in [1.82, 2.24) is 4.90 Å². The van der Waals surface area contributed by atoms with Gasteiger partial charge in [-0.05, 0) is 37.5 Å². The second-order valence-electron chi connectivity index (χ2n) is 5.24. The summed E-state index contributed by atoms with van der Waals surface area (Å²) in [5.74, 6) is 0.769. The Morgan fingerprint density at radius 2 is 2.05 bits per heavy atom. The van der Waals surface area contributed by atoms with Crippen molar-refractivity contribution in [3.63, 3.8) is 0 Å². The Kier molecular flexibility index (Phi) is 6.15. The van der Waals surface area contributed by atoms with E-state index in [0.717, 1.165) is 25.9 Å². The van der Waals surface area contributed by atoms with Crippen molar-refractivity contribution in [3.8, 4) is 5.75 Å². The summed E-state index contributed by atoms with van der Waals surface area (Å²) in [5, 5.41) is 1.06. The highest BCUT2D eigenvalue weighted by atomic mass is 35.5. The van der Waals surface area contributed by atoms with Crippen molar-refractivity contribution in [1.29, 1.82) is 0 Å². The second-order valence-corrected chi connectivity index (χ2v) is 6.09. The summed E-state index contributed by atoms with van der Waals surface area (Å²) in [7, 11) is 0. The largest absolute Gasteiger partial charge is 0.492 e. The number of nitrogens with zero attached hydrogens (tertiary/aromatic N) is 1. The number of likely N-dealkylation sites (tertiary alicyclic amines) is 1. The van der Waals surface area contributed by atoms with Crippen LogP contribution in [0.2, 0.25) is 10.0 Å². The van der Waals surface area contributed by atoms with Gasteiger partial charge in [-0.15, -0.1) is 0 Å². The third-order valence-corrected chi connectivity index (χ3v) is 4.11. The van der Waals surface area contributed by atoms with Crippen molar-refractivity contribution in [2.45, 2.75) is 31.7 Å². The molecular formula is C15H20Cl2N2O2. The lowest BCUT2D eigenvalue weighted by molar-refractivity contribution is -0.132. The fourth-order valence-electron chi connectivity index (χ4n) is 2.30. The van der Waals surface area contributed by atoms with Crippen molar-refractivity contribution >= 4 is 29.1 Å². The summed E-state index contributed by atoms with van der Waals surface area (Å²) in [5.41, 5.74) is 5.83. The van der Waals surface area contributed by atoms with Gasteiger partial charge < -0.3 is 15.4 Å². The molecule has 1 amide bonds. The van der Waals surface area contributed by atoms with Crippen LogP contribution >= 0.6 is 23.2 Å². The van der Waals surface area contributed by atoms with Crippen LogP contribution < -0.4 is 10.5 Å². The van der Waals surface area contributed by atoms with E-state index < -0.39 is 0 Å². The SMILES string of the molecule is NC1CCN(C(=O)CCCOc2ccc(Cl)cc2Cl)CC1. The summed E-state index contributed by atoms with van der Waals surface area (Å²) in [6, 6.07) is 5.34. The first-order chi connectivity index (χ1) is 10.1. The molecule has 2 N–H and O–H groups in total. The molecule has 0 atom stereocenters. The molecule has 0 radical (unpaired) electrons. The molecule has 0 bridgehead atoms. The molecule has 1 heterocycles.